The van der Waals surface area contributed by atoms with Gasteiger partial charge in [-0.3, -0.25) is 9.36 Å². The fourth-order valence-corrected chi connectivity index (χ4v) is 2.58. The van der Waals surface area contributed by atoms with Crippen molar-refractivity contribution in [2.45, 2.75) is 6.54 Å². The fraction of sp³-hybridized carbons (Fsp3) is 0.188. The molecule has 1 aromatic carbocycles. The topological polar surface area (TPSA) is 87.2 Å². The summed E-state index contributed by atoms with van der Waals surface area (Å²) in [6, 6.07) is 5.99. The second kappa shape index (κ2) is 6.02. The van der Waals surface area contributed by atoms with Gasteiger partial charge in [-0.15, -0.1) is 10.2 Å². The number of nitrogens with zero attached hydrogens (tertiary/aromatic N) is 6. The lowest BCUT2D eigenvalue weighted by Gasteiger charge is -2.05. The van der Waals surface area contributed by atoms with E-state index >= 15 is 0 Å². The predicted molar refractivity (Wildman–Crippen MR) is 87.6 cm³/mol. The maximum Gasteiger partial charge on any atom is 0.283 e. The summed E-state index contributed by atoms with van der Waals surface area (Å²) >= 11 is 0. The molecule has 0 aliphatic carbocycles. The third-order valence-electron chi connectivity index (χ3n) is 3.88. The molecule has 25 heavy (non-hydrogen) atoms. The zero-order chi connectivity index (χ0) is 17.4. The van der Waals surface area contributed by atoms with Gasteiger partial charge in [0.15, 0.2) is 16.8 Å². The molecule has 0 saturated heterocycles. The monoisotopic (exact) mass is 340 g/mol. The smallest absolute Gasteiger partial charge is 0.283 e. The molecule has 3 aromatic heterocycles. The van der Waals surface area contributed by atoms with Crippen LogP contribution in [0.2, 0.25) is 0 Å². The first-order valence-electron chi connectivity index (χ1n) is 7.53. The SMILES string of the molecule is COCCn1cnc2c(nnc3c(-c4ccc(F)cc4)cnn32)c1=O. The molecule has 3 heterocycles. The van der Waals surface area contributed by atoms with Gasteiger partial charge in [-0.05, 0) is 17.7 Å². The molecule has 9 heteroatoms. The summed E-state index contributed by atoms with van der Waals surface area (Å²) in [7, 11) is 1.56. The van der Waals surface area contributed by atoms with E-state index in [0.29, 0.717) is 30.0 Å². The molecule has 0 spiro atoms. The van der Waals surface area contributed by atoms with Gasteiger partial charge in [0.05, 0.1) is 19.3 Å². The largest absolute Gasteiger partial charge is 0.383 e. The van der Waals surface area contributed by atoms with Crippen molar-refractivity contribution in [1.82, 2.24) is 29.4 Å². The number of rotatable bonds is 4. The lowest BCUT2D eigenvalue weighted by Crippen LogP contribution is -2.24. The van der Waals surface area contributed by atoms with Crippen LogP contribution in [0.3, 0.4) is 0 Å². The normalized spacial score (nSPS) is 11.4. The van der Waals surface area contributed by atoms with E-state index in [9.17, 15) is 9.18 Å². The van der Waals surface area contributed by atoms with Crippen molar-refractivity contribution in [3.8, 4) is 11.1 Å². The average molecular weight is 340 g/mol. The third kappa shape index (κ3) is 2.54. The Morgan fingerprint density at radius 3 is 2.72 bits per heavy atom. The zero-order valence-corrected chi connectivity index (χ0v) is 13.3. The molecule has 126 valence electrons. The minimum atomic E-state index is -0.324. The molecule has 4 aromatic rings. The summed E-state index contributed by atoms with van der Waals surface area (Å²) in [5.41, 5.74) is 2.01. The van der Waals surface area contributed by atoms with E-state index in [0.717, 1.165) is 5.56 Å². The molecule has 0 radical (unpaired) electrons. The van der Waals surface area contributed by atoms with Gasteiger partial charge in [-0.25, -0.2) is 9.37 Å². The molecule has 8 nitrogen and oxygen atoms in total. The van der Waals surface area contributed by atoms with Crippen molar-refractivity contribution in [2.75, 3.05) is 13.7 Å². The molecule has 0 unspecified atom stereocenters. The van der Waals surface area contributed by atoms with Crippen molar-refractivity contribution in [1.29, 1.82) is 0 Å². The highest BCUT2D eigenvalue weighted by Gasteiger charge is 2.15. The standard InChI is InChI=1S/C16H13FN6O2/c1-25-7-6-22-9-18-15-13(16(22)24)20-21-14-12(8-19-23(14)15)10-2-4-11(17)5-3-10/h2-5,8-9H,6-7H2,1H3. The second-order valence-corrected chi connectivity index (χ2v) is 5.41. The summed E-state index contributed by atoms with van der Waals surface area (Å²) in [5.74, 6) is -0.324. The number of benzene rings is 1. The van der Waals surface area contributed by atoms with E-state index in [2.05, 4.69) is 20.3 Å². The minimum Gasteiger partial charge on any atom is -0.383 e. The molecular formula is C16H13FN6O2. The predicted octanol–water partition coefficient (Wildman–Crippen LogP) is 1.29. The molecule has 0 amide bonds. The van der Waals surface area contributed by atoms with Crippen LogP contribution in [0.25, 0.3) is 27.9 Å². The van der Waals surface area contributed by atoms with Gasteiger partial charge in [-0.2, -0.15) is 9.61 Å². The first-order valence-corrected chi connectivity index (χ1v) is 7.53. The van der Waals surface area contributed by atoms with Gasteiger partial charge in [0, 0.05) is 12.7 Å². The Labute approximate surface area is 140 Å². The molecule has 0 bridgehead atoms. The molecule has 0 aliphatic rings. The molecule has 0 N–H and O–H groups in total. The Bertz CT molecular complexity index is 1120. The molecular weight excluding hydrogens is 327 g/mol. The van der Waals surface area contributed by atoms with Gasteiger partial charge in [0.2, 0.25) is 0 Å². The van der Waals surface area contributed by atoms with Gasteiger partial charge >= 0.3 is 0 Å². The fourth-order valence-electron chi connectivity index (χ4n) is 2.58. The van der Waals surface area contributed by atoms with Crippen LogP contribution in [-0.2, 0) is 11.3 Å². The highest BCUT2D eigenvalue weighted by molar-refractivity contribution is 5.80. The lowest BCUT2D eigenvalue weighted by molar-refractivity contribution is 0.186. The van der Waals surface area contributed by atoms with E-state index < -0.39 is 0 Å². The Morgan fingerprint density at radius 1 is 1.16 bits per heavy atom. The summed E-state index contributed by atoms with van der Waals surface area (Å²) in [4.78, 5) is 16.8. The Morgan fingerprint density at radius 2 is 1.96 bits per heavy atom. The third-order valence-corrected chi connectivity index (χ3v) is 3.88. The number of hydrogen-bond donors (Lipinski definition) is 0. The number of methoxy groups -OCH3 is 1. The van der Waals surface area contributed by atoms with E-state index in [-0.39, 0.29) is 16.9 Å². The number of ether oxygens (including phenoxy) is 1. The number of halogens is 1. The maximum atomic E-state index is 13.1. The Hall–Kier alpha value is -3.20. The molecule has 0 saturated carbocycles. The second-order valence-electron chi connectivity index (χ2n) is 5.41. The van der Waals surface area contributed by atoms with Crippen LogP contribution in [0, 0.1) is 5.82 Å². The van der Waals surface area contributed by atoms with Crippen LogP contribution in [0.4, 0.5) is 4.39 Å². The highest BCUT2D eigenvalue weighted by atomic mass is 19.1. The summed E-state index contributed by atoms with van der Waals surface area (Å²) in [6.45, 7) is 0.761. The quantitative estimate of drug-likeness (QED) is 0.556. The Kier molecular flexibility index (Phi) is 3.69. The zero-order valence-electron chi connectivity index (χ0n) is 13.3. The summed E-state index contributed by atoms with van der Waals surface area (Å²) in [5, 5.41) is 12.4. The molecule has 0 aliphatic heterocycles. The van der Waals surface area contributed by atoms with E-state index in [4.69, 9.17) is 4.74 Å². The van der Waals surface area contributed by atoms with E-state index in [1.165, 1.54) is 27.5 Å². The minimum absolute atomic E-state index is 0.125. The lowest BCUT2D eigenvalue weighted by atomic mass is 10.1. The molecule has 0 atom stereocenters. The van der Waals surface area contributed by atoms with Crippen molar-refractivity contribution in [2.24, 2.45) is 0 Å². The highest BCUT2D eigenvalue weighted by Crippen LogP contribution is 2.24. The first-order chi connectivity index (χ1) is 12.2. The van der Waals surface area contributed by atoms with Crippen molar-refractivity contribution < 1.29 is 9.13 Å². The van der Waals surface area contributed by atoms with Gasteiger partial charge in [-0.1, -0.05) is 12.1 Å². The van der Waals surface area contributed by atoms with Crippen LogP contribution in [0.1, 0.15) is 0 Å². The average Bonchev–Trinajstić information content (AvgIpc) is 3.06. The summed E-state index contributed by atoms with van der Waals surface area (Å²) in [6.07, 6.45) is 3.03. The van der Waals surface area contributed by atoms with Crippen LogP contribution in [0.15, 0.2) is 41.6 Å². The van der Waals surface area contributed by atoms with Gasteiger partial charge < -0.3 is 4.74 Å². The van der Waals surface area contributed by atoms with Crippen molar-refractivity contribution in [3.63, 3.8) is 0 Å². The first kappa shape index (κ1) is 15.3. The van der Waals surface area contributed by atoms with Crippen LogP contribution >= 0.6 is 0 Å². The van der Waals surface area contributed by atoms with E-state index in [1.807, 2.05) is 0 Å². The van der Waals surface area contributed by atoms with Gasteiger partial charge in [0.1, 0.15) is 12.1 Å². The van der Waals surface area contributed by atoms with Crippen molar-refractivity contribution in [3.05, 3.63) is 53.0 Å². The van der Waals surface area contributed by atoms with Crippen molar-refractivity contribution >= 4 is 16.8 Å². The number of hydrogen-bond acceptors (Lipinski definition) is 6. The number of aromatic nitrogens is 6. The molecule has 4 rings (SSSR count). The molecule has 0 fully saturated rings. The van der Waals surface area contributed by atoms with Crippen LogP contribution in [-0.4, -0.2) is 43.1 Å². The Balaban J connectivity index is 1.89. The van der Waals surface area contributed by atoms with Crippen LogP contribution in [0.5, 0.6) is 0 Å². The van der Waals surface area contributed by atoms with Crippen LogP contribution < -0.4 is 5.56 Å². The summed E-state index contributed by atoms with van der Waals surface area (Å²) < 4.78 is 21.0. The van der Waals surface area contributed by atoms with E-state index in [1.54, 1.807) is 25.4 Å². The van der Waals surface area contributed by atoms with Gasteiger partial charge in [0.25, 0.3) is 5.56 Å². The number of fused-ring (bicyclic) bond motifs is 3. The maximum absolute atomic E-state index is 13.1.